The van der Waals surface area contributed by atoms with Gasteiger partial charge in [0.15, 0.2) is 18.1 Å². The highest BCUT2D eigenvalue weighted by atomic mass is 16.5. The number of nitrogens with two attached hydrogens (primary N) is 1. The molecule has 0 heterocycles. The number of benzene rings is 1. The first kappa shape index (κ1) is 14.7. The van der Waals surface area contributed by atoms with Crippen molar-refractivity contribution in [3.05, 3.63) is 23.8 Å². The van der Waals surface area contributed by atoms with Crippen LogP contribution >= 0.6 is 0 Å². The summed E-state index contributed by atoms with van der Waals surface area (Å²) in [5.74, 6) is 1.22. The molecule has 5 heteroatoms. The van der Waals surface area contributed by atoms with Crippen molar-refractivity contribution in [2.45, 2.75) is 32.4 Å². The van der Waals surface area contributed by atoms with E-state index in [4.69, 9.17) is 15.2 Å². The van der Waals surface area contributed by atoms with E-state index >= 15 is 0 Å². The van der Waals surface area contributed by atoms with Gasteiger partial charge in [0.25, 0.3) is 5.91 Å². The van der Waals surface area contributed by atoms with Crippen LogP contribution in [0.4, 0.5) is 0 Å². The van der Waals surface area contributed by atoms with Crippen LogP contribution in [0.2, 0.25) is 0 Å². The van der Waals surface area contributed by atoms with Crippen molar-refractivity contribution in [2.24, 2.45) is 5.73 Å². The molecule has 0 bridgehead atoms. The first-order chi connectivity index (χ1) is 9.65. The van der Waals surface area contributed by atoms with Gasteiger partial charge in [0, 0.05) is 19.6 Å². The van der Waals surface area contributed by atoms with Gasteiger partial charge in [0.1, 0.15) is 0 Å². The molecule has 1 aliphatic rings. The number of ether oxygens (including phenoxy) is 2. The Balaban J connectivity index is 1.98. The molecule has 20 heavy (non-hydrogen) atoms. The largest absolute Gasteiger partial charge is 0.490 e. The van der Waals surface area contributed by atoms with Gasteiger partial charge < -0.3 is 20.1 Å². The molecule has 0 atom stereocenters. The molecule has 1 aromatic rings. The third-order valence-corrected chi connectivity index (χ3v) is 3.38. The number of carbonyl (C=O) groups excluding carboxylic acids is 1. The Morgan fingerprint density at radius 3 is 2.70 bits per heavy atom. The number of rotatable bonds is 7. The van der Waals surface area contributed by atoms with E-state index in [1.807, 2.05) is 26.1 Å². The zero-order chi connectivity index (χ0) is 14.5. The van der Waals surface area contributed by atoms with Crippen LogP contribution in [0.5, 0.6) is 11.5 Å². The van der Waals surface area contributed by atoms with Crippen LogP contribution in [0.3, 0.4) is 0 Å². The van der Waals surface area contributed by atoms with Gasteiger partial charge in [-0.3, -0.25) is 4.79 Å². The highest BCUT2D eigenvalue weighted by Crippen LogP contribution is 2.29. The molecule has 2 rings (SSSR count). The van der Waals surface area contributed by atoms with Gasteiger partial charge in [-0.25, -0.2) is 0 Å². The minimum absolute atomic E-state index is 0.00199. The predicted molar refractivity (Wildman–Crippen MR) is 76.8 cm³/mol. The molecule has 0 unspecified atom stereocenters. The highest BCUT2D eigenvalue weighted by Gasteiger charge is 2.29. The van der Waals surface area contributed by atoms with Crippen molar-refractivity contribution in [3.8, 4) is 11.5 Å². The summed E-state index contributed by atoms with van der Waals surface area (Å²) in [7, 11) is 1.82. The Hall–Kier alpha value is -1.75. The van der Waals surface area contributed by atoms with Gasteiger partial charge in [-0.1, -0.05) is 6.07 Å². The Morgan fingerprint density at radius 1 is 1.35 bits per heavy atom. The van der Waals surface area contributed by atoms with Gasteiger partial charge in [0.2, 0.25) is 0 Å². The van der Waals surface area contributed by atoms with Gasteiger partial charge in [-0.15, -0.1) is 0 Å². The maximum absolute atomic E-state index is 11.9. The van der Waals surface area contributed by atoms with E-state index in [0.29, 0.717) is 30.7 Å². The lowest BCUT2D eigenvalue weighted by Crippen LogP contribution is -2.33. The first-order valence-electron chi connectivity index (χ1n) is 7.00. The lowest BCUT2D eigenvalue weighted by Gasteiger charge is -2.17. The van der Waals surface area contributed by atoms with Crippen molar-refractivity contribution in [1.29, 1.82) is 0 Å². The molecule has 5 nitrogen and oxygen atoms in total. The number of nitrogens with zero attached hydrogens (tertiary/aromatic N) is 1. The molecular formula is C15H22N2O3. The Bertz CT molecular complexity index is 472. The maximum Gasteiger partial charge on any atom is 0.260 e. The number of hydrogen-bond donors (Lipinski definition) is 1. The summed E-state index contributed by atoms with van der Waals surface area (Å²) in [6.07, 6.45) is 2.19. The third kappa shape index (κ3) is 3.63. The Morgan fingerprint density at radius 2 is 2.10 bits per heavy atom. The van der Waals surface area contributed by atoms with Crippen molar-refractivity contribution in [1.82, 2.24) is 4.90 Å². The maximum atomic E-state index is 11.9. The lowest BCUT2D eigenvalue weighted by molar-refractivity contribution is -0.132. The van der Waals surface area contributed by atoms with Crippen molar-refractivity contribution < 1.29 is 14.3 Å². The molecule has 1 amide bonds. The normalized spacial score (nSPS) is 13.9. The van der Waals surface area contributed by atoms with Crippen molar-refractivity contribution in [2.75, 3.05) is 20.3 Å². The number of amides is 1. The predicted octanol–water partition coefficient (Wildman–Crippen LogP) is 1.54. The Labute approximate surface area is 119 Å². The topological polar surface area (TPSA) is 64.8 Å². The quantitative estimate of drug-likeness (QED) is 0.821. The molecule has 0 spiro atoms. The monoisotopic (exact) mass is 278 g/mol. The molecule has 0 saturated heterocycles. The zero-order valence-electron chi connectivity index (χ0n) is 12.1. The fraction of sp³-hybridized carbons (Fsp3) is 0.533. The van der Waals surface area contributed by atoms with Crippen LogP contribution in [0.25, 0.3) is 0 Å². The third-order valence-electron chi connectivity index (χ3n) is 3.38. The average Bonchev–Trinajstić information content (AvgIpc) is 3.29. The smallest absolute Gasteiger partial charge is 0.260 e. The summed E-state index contributed by atoms with van der Waals surface area (Å²) >= 11 is 0. The molecule has 0 aliphatic heterocycles. The summed E-state index contributed by atoms with van der Waals surface area (Å²) in [5.41, 5.74) is 6.58. The fourth-order valence-electron chi connectivity index (χ4n) is 1.97. The summed E-state index contributed by atoms with van der Waals surface area (Å²) in [4.78, 5) is 13.7. The second kappa shape index (κ2) is 6.61. The van der Waals surface area contributed by atoms with Gasteiger partial charge in [-0.05, 0) is 37.5 Å². The van der Waals surface area contributed by atoms with Gasteiger partial charge in [-0.2, -0.15) is 0 Å². The molecule has 1 aliphatic carbocycles. The van der Waals surface area contributed by atoms with Crippen LogP contribution < -0.4 is 15.2 Å². The van der Waals surface area contributed by atoms with E-state index in [0.717, 1.165) is 18.4 Å². The van der Waals surface area contributed by atoms with Crippen LogP contribution in [-0.4, -0.2) is 37.1 Å². The summed E-state index contributed by atoms with van der Waals surface area (Å²) in [6.45, 7) is 2.93. The minimum atomic E-state index is -0.00199. The van der Waals surface area contributed by atoms with Crippen LogP contribution in [-0.2, 0) is 11.3 Å². The zero-order valence-corrected chi connectivity index (χ0v) is 12.1. The van der Waals surface area contributed by atoms with E-state index in [2.05, 4.69) is 0 Å². The summed E-state index contributed by atoms with van der Waals surface area (Å²) < 4.78 is 11.1. The van der Waals surface area contributed by atoms with Crippen molar-refractivity contribution >= 4 is 5.91 Å². The van der Waals surface area contributed by atoms with Crippen molar-refractivity contribution in [3.63, 3.8) is 0 Å². The standard InChI is InChI=1S/C15H22N2O3/c1-3-19-14-8-11(9-16)4-7-13(14)20-10-15(18)17(2)12-5-6-12/h4,7-8,12H,3,5-6,9-10,16H2,1-2H3. The van der Waals surface area contributed by atoms with E-state index in [1.165, 1.54) is 0 Å². The lowest BCUT2D eigenvalue weighted by atomic mass is 10.2. The molecule has 0 radical (unpaired) electrons. The van der Waals surface area contributed by atoms with E-state index in [1.54, 1.807) is 11.0 Å². The summed E-state index contributed by atoms with van der Waals surface area (Å²) in [6, 6.07) is 5.94. The fourth-order valence-corrected chi connectivity index (χ4v) is 1.97. The second-order valence-corrected chi connectivity index (χ2v) is 4.94. The van der Waals surface area contributed by atoms with Gasteiger partial charge >= 0.3 is 0 Å². The Kier molecular flexibility index (Phi) is 4.84. The van der Waals surface area contributed by atoms with Crippen LogP contribution in [0.1, 0.15) is 25.3 Å². The summed E-state index contributed by atoms with van der Waals surface area (Å²) in [5, 5.41) is 0. The second-order valence-electron chi connectivity index (χ2n) is 4.94. The molecule has 1 fully saturated rings. The molecule has 1 saturated carbocycles. The van der Waals surface area contributed by atoms with Gasteiger partial charge in [0.05, 0.1) is 6.61 Å². The number of likely N-dealkylation sites (N-methyl/N-ethyl adjacent to an activating group) is 1. The first-order valence-corrected chi connectivity index (χ1v) is 7.00. The SMILES string of the molecule is CCOc1cc(CN)ccc1OCC(=O)N(C)C1CC1. The van der Waals surface area contributed by atoms with E-state index < -0.39 is 0 Å². The van der Waals surface area contributed by atoms with Crippen LogP contribution in [0, 0.1) is 0 Å². The molecule has 2 N–H and O–H groups in total. The highest BCUT2D eigenvalue weighted by molar-refractivity contribution is 5.78. The average molecular weight is 278 g/mol. The van der Waals surface area contributed by atoms with E-state index in [-0.39, 0.29) is 12.5 Å². The van der Waals surface area contributed by atoms with Crippen LogP contribution in [0.15, 0.2) is 18.2 Å². The minimum Gasteiger partial charge on any atom is -0.490 e. The number of hydrogen-bond acceptors (Lipinski definition) is 4. The van der Waals surface area contributed by atoms with E-state index in [9.17, 15) is 4.79 Å². The molecule has 1 aromatic carbocycles. The molecule has 110 valence electrons. The molecule has 0 aromatic heterocycles. The number of carbonyl (C=O) groups is 1. The molecular weight excluding hydrogens is 256 g/mol.